The van der Waals surface area contributed by atoms with Crippen molar-refractivity contribution in [1.82, 2.24) is 19.9 Å². The van der Waals surface area contributed by atoms with Crippen molar-refractivity contribution in [1.29, 1.82) is 0 Å². The minimum Gasteiger partial charge on any atom is -0.652 e. The molecule has 103 heavy (non-hydrogen) atoms. The second-order valence-corrected chi connectivity index (χ2v) is 31.7. The highest BCUT2D eigenvalue weighted by Gasteiger charge is 2.24. The summed E-state index contributed by atoms with van der Waals surface area (Å²) in [6, 6.07) is 119. The normalized spacial score (nSPS) is 10.8. The topological polar surface area (TPSA) is 97.7 Å². The third kappa shape index (κ3) is 17.9. The van der Waals surface area contributed by atoms with E-state index >= 15 is 0 Å². The molecule has 17 aromatic rings. The van der Waals surface area contributed by atoms with Crippen molar-refractivity contribution in [2.24, 2.45) is 0 Å². The lowest BCUT2D eigenvalue weighted by Gasteiger charge is -2.20. The van der Waals surface area contributed by atoms with Crippen LogP contribution in [0.2, 0.25) is 0 Å². The number of rotatable bonds is 14. The minimum atomic E-state index is -1.13. The van der Waals surface area contributed by atoms with Crippen LogP contribution in [0.3, 0.4) is 0 Å². The maximum Gasteiger partial charge on any atom is 0.743 e. The number of fused-ring (bicyclic) bond motifs is 7. The predicted molar refractivity (Wildman–Crippen MR) is 433 cm³/mol. The van der Waals surface area contributed by atoms with E-state index in [1.807, 2.05) is 149 Å². The van der Waals surface area contributed by atoms with Crippen LogP contribution in [0.5, 0.6) is 23.0 Å². The Kier molecular flexibility index (Phi) is 24.4. The quantitative estimate of drug-likeness (QED) is 0.0599. The molecule has 0 aliphatic carbocycles. The molecule has 0 aliphatic rings. The Hall–Kier alpha value is -10.00. The van der Waals surface area contributed by atoms with Gasteiger partial charge in [-0.15, -0.1) is 0 Å². The summed E-state index contributed by atoms with van der Waals surface area (Å²) in [5.74, 6) is 3.08. The smallest absolute Gasteiger partial charge is 0.652 e. The van der Waals surface area contributed by atoms with Crippen LogP contribution in [0, 0.1) is 27.7 Å². The maximum atomic E-state index is 5.84. The molecule has 0 saturated carbocycles. The van der Waals surface area contributed by atoms with Crippen LogP contribution in [0.4, 0.5) is 0 Å². The number of aromatic nitrogens is 4. The standard InChI is InChI=1S/C26H19Si.C22H17Si.4C10H9NO.4Al.O/c1-2-14-22(15-3-1)27(25-18-8-12-20-10-4-6-16-23(20)25)26-19-9-13-21-11-5-7-17-24(21)26;1-3-11-20(12-4-1)23(21-13-5-2-6-14-21)22-16-15-18-9-7-8-10-19(18)17-22;4*1-7-5-6-8-3-2-4-9(12)10(8)11-7;;;;;/h1-19H;1-17H;4*2-6,12H,1H3;;;;;/q;;;;;;4*+1;/p-4. The molecule has 0 bridgehead atoms. The maximum absolute atomic E-state index is 5.84. The SMILES string of the molecule is Cc1ccc2cccc([O][Al])c2n1.Cc1ccc2cccc([O][Al])c2n1.Cc1ccc2cccc([O][Al][O][Al][O]c3cccc4ccc(C)nc34)c2n1.c1ccc([Si](c2cccc3ccccc23)c2cccc3ccccc23)cc1.c1ccc([Si](c2ccccc2)c2ccc3ccccc3c2)cc1. The second-order valence-electron chi connectivity index (χ2n) is 24.4. The molecule has 0 saturated heterocycles. The van der Waals surface area contributed by atoms with Crippen molar-refractivity contribution >= 4 is 190 Å². The van der Waals surface area contributed by atoms with Crippen molar-refractivity contribution in [2.45, 2.75) is 27.7 Å². The first-order valence-corrected chi connectivity index (χ1v) is 39.7. The second kappa shape index (κ2) is 35.3. The Morgan fingerprint density at radius 2 is 0.553 bits per heavy atom. The van der Waals surface area contributed by atoms with E-state index in [4.69, 9.17) is 18.0 Å². The molecule has 0 aliphatic heterocycles. The summed E-state index contributed by atoms with van der Waals surface area (Å²) in [6.07, 6.45) is 0. The molecule has 0 spiro atoms. The fourth-order valence-corrected chi connectivity index (χ4v) is 19.6. The first-order chi connectivity index (χ1) is 50.7. The third-order valence-corrected chi connectivity index (χ3v) is 25.0. The van der Waals surface area contributed by atoms with Crippen molar-refractivity contribution < 1.29 is 18.0 Å². The number of benzene rings is 13. The molecule has 0 amide bonds. The summed E-state index contributed by atoms with van der Waals surface area (Å²) in [6.45, 7) is 7.88. The van der Waals surface area contributed by atoms with E-state index in [2.05, 4.69) is 272 Å². The van der Waals surface area contributed by atoms with Crippen LogP contribution in [0.25, 0.3) is 75.9 Å². The summed E-state index contributed by atoms with van der Waals surface area (Å²) in [5.41, 5.74) is 7.47. The molecular formula is C88H68Al4N4O5Si2. The molecular weight excluding hydrogens is 1360 g/mol. The van der Waals surface area contributed by atoms with Gasteiger partial charge < -0.3 is 18.0 Å². The third-order valence-electron chi connectivity index (χ3n) is 17.3. The van der Waals surface area contributed by atoms with Gasteiger partial charge in [0, 0.05) is 44.3 Å². The molecule has 17 rings (SSSR count). The van der Waals surface area contributed by atoms with Gasteiger partial charge in [0.2, 0.25) is 0 Å². The average molecular weight is 1430 g/mol. The van der Waals surface area contributed by atoms with Crippen LogP contribution in [0.15, 0.2) is 340 Å². The molecule has 8 radical (unpaired) electrons. The van der Waals surface area contributed by atoms with Gasteiger partial charge in [-0.05, 0) is 124 Å². The molecule has 0 atom stereocenters. The Bertz CT molecular complexity index is 5410. The zero-order valence-electron chi connectivity index (χ0n) is 57.5. The van der Waals surface area contributed by atoms with Crippen molar-refractivity contribution in [3.8, 4) is 23.0 Å². The fourth-order valence-electron chi connectivity index (χ4n) is 12.4. The Morgan fingerprint density at radius 3 is 0.951 bits per heavy atom. The first-order valence-electron chi connectivity index (χ1n) is 33.8. The molecule has 13 aromatic carbocycles. The Morgan fingerprint density at radius 1 is 0.252 bits per heavy atom. The lowest BCUT2D eigenvalue weighted by Crippen LogP contribution is -2.52. The molecule has 0 unspecified atom stereocenters. The molecule has 9 nitrogen and oxygen atoms in total. The van der Waals surface area contributed by atoms with Gasteiger partial charge in [0.25, 0.3) is 0 Å². The van der Waals surface area contributed by atoms with E-state index in [1.165, 1.54) is 63.4 Å². The van der Waals surface area contributed by atoms with Crippen LogP contribution in [0.1, 0.15) is 22.8 Å². The van der Waals surface area contributed by atoms with E-state index < -0.39 is 49.4 Å². The van der Waals surface area contributed by atoms with Crippen LogP contribution >= 0.6 is 0 Å². The highest BCUT2D eigenvalue weighted by Crippen LogP contribution is 2.28. The van der Waals surface area contributed by atoms with Gasteiger partial charge in [0.1, 0.15) is 45.1 Å². The number of hydrogen-bond donors (Lipinski definition) is 0. The number of aryl methyl sites for hydroxylation is 4. The van der Waals surface area contributed by atoms with E-state index in [1.54, 1.807) is 0 Å². The van der Waals surface area contributed by atoms with Crippen LogP contribution in [-0.2, 0) is 2.84 Å². The zero-order chi connectivity index (χ0) is 70.7. The number of para-hydroxylation sites is 4. The van der Waals surface area contributed by atoms with Crippen molar-refractivity contribution in [2.75, 3.05) is 0 Å². The highest BCUT2D eigenvalue weighted by molar-refractivity contribution is 6.98. The van der Waals surface area contributed by atoms with Crippen molar-refractivity contribution in [3.05, 3.63) is 362 Å². The van der Waals surface area contributed by atoms with Gasteiger partial charge in [0.15, 0.2) is 17.6 Å². The molecule has 4 aromatic heterocycles. The van der Waals surface area contributed by atoms with Gasteiger partial charge in [0.05, 0.1) is 0 Å². The summed E-state index contributed by atoms with van der Waals surface area (Å²) < 4.78 is 27.6. The number of pyridine rings is 4. The van der Waals surface area contributed by atoms with Gasteiger partial charge in [-0.3, -0.25) is 0 Å². The van der Waals surface area contributed by atoms with E-state index in [0.717, 1.165) is 89.4 Å². The van der Waals surface area contributed by atoms with E-state index in [-0.39, 0.29) is 0 Å². The Balaban J connectivity index is 0.000000118. The van der Waals surface area contributed by atoms with Crippen molar-refractivity contribution in [3.63, 3.8) is 0 Å². The monoisotopic (exact) mass is 1420 g/mol. The fraction of sp³-hybridized carbons (Fsp3) is 0.0455. The average Bonchev–Trinajstić information content (AvgIpc) is 0.763. The molecule has 0 fully saturated rings. The molecule has 490 valence electrons. The lowest BCUT2D eigenvalue weighted by atomic mass is 10.1. The summed E-state index contributed by atoms with van der Waals surface area (Å²) in [7, 11) is -2.10. The van der Waals surface area contributed by atoms with E-state index in [0.29, 0.717) is 0 Å². The van der Waals surface area contributed by atoms with Crippen LogP contribution < -0.4 is 46.3 Å². The van der Waals surface area contributed by atoms with E-state index in [9.17, 15) is 0 Å². The summed E-state index contributed by atoms with van der Waals surface area (Å²) in [4.78, 5) is 17.9. The van der Waals surface area contributed by atoms with Gasteiger partial charge in [-0.25, -0.2) is 19.9 Å². The molecule has 4 heterocycles. The lowest BCUT2D eigenvalue weighted by molar-refractivity contribution is 0.420. The Labute approximate surface area is 635 Å². The molecule has 15 heteroatoms. The van der Waals surface area contributed by atoms with Gasteiger partial charge in [-0.1, -0.05) is 307 Å². The van der Waals surface area contributed by atoms with Gasteiger partial charge in [-0.2, -0.15) is 0 Å². The summed E-state index contributed by atoms with van der Waals surface area (Å²) >= 11 is 3.12. The highest BCUT2D eigenvalue weighted by atomic mass is 28.3. The van der Waals surface area contributed by atoms with Crippen LogP contribution in [-0.4, -0.2) is 103 Å². The molecule has 0 N–H and O–H groups in total. The zero-order valence-corrected chi connectivity index (χ0v) is 64.1. The van der Waals surface area contributed by atoms with Gasteiger partial charge >= 0.3 is 65.0 Å². The first kappa shape index (κ1) is 71.4. The minimum absolute atomic E-state index is 0.682. The number of hydrogen-bond acceptors (Lipinski definition) is 9. The number of nitrogens with zero attached hydrogens (tertiary/aromatic N) is 4. The largest absolute Gasteiger partial charge is 0.743 e. The predicted octanol–water partition coefficient (Wildman–Crippen LogP) is 15.8. The summed E-state index contributed by atoms with van der Waals surface area (Å²) in [5, 5.41) is 20.9.